The molecule has 0 radical (unpaired) electrons. The third kappa shape index (κ3) is 9.27. The first-order valence-electron chi connectivity index (χ1n) is 4.52. The minimum absolute atomic E-state index is 0.197. The van der Waals surface area contributed by atoms with E-state index in [9.17, 15) is 4.79 Å². The second-order valence-corrected chi connectivity index (χ2v) is 8.64. The minimum atomic E-state index is -1.55. The Morgan fingerprint density at radius 1 is 1.23 bits per heavy atom. The number of hydrogen-bond acceptors (Lipinski definition) is 3. The topological polar surface area (TPSA) is 38.7 Å². The monoisotopic (exact) mass is 201 g/mol. The van der Waals surface area contributed by atoms with Crippen molar-refractivity contribution in [2.45, 2.75) is 46.3 Å². The van der Waals surface area contributed by atoms with E-state index in [1.807, 2.05) is 6.92 Å². The van der Waals surface area contributed by atoms with Crippen molar-refractivity contribution in [2.75, 3.05) is 0 Å². The average molecular weight is 201 g/mol. The van der Waals surface area contributed by atoms with Gasteiger partial charge in [0.25, 0.3) is 8.32 Å². The molecule has 0 aliphatic rings. The molecule has 0 aromatic carbocycles. The molecule has 0 saturated carbocycles. The Balaban J connectivity index is 3.83. The lowest BCUT2D eigenvalue weighted by atomic mass is 10.2. The van der Waals surface area contributed by atoms with Gasteiger partial charge in [0, 0.05) is 6.42 Å². The van der Waals surface area contributed by atoms with Gasteiger partial charge in [0.1, 0.15) is 5.78 Å². The lowest BCUT2D eigenvalue weighted by Gasteiger charge is -2.13. The molecule has 0 unspecified atom stereocenters. The smallest absolute Gasteiger partial charge is 0.278 e. The zero-order valence-corrected chi connectivity index (χ0v) is 10.2. The zero-order chi connectivity index (χ0) is 10.5. The summed E-state index contributed by atoms with van der Waals surface area (Å²) in [4.78, 5) is 10.7. The largest absolute Gasteiger partial charge is 0.456 e. The average Bonchev–Trinajstić information content (AvgIpc) is 1.95. The van der Waals surface area contributed by atoms with Crippen LogP contribution in [0.1, 0.15) is 26.7 Å². The van der Waals surface area contributed by atoms with E-state index in [0.717, 1.165) is 5.71 Å². The summed E-state index contributed by atoms with van der Waals surface area (Å²) in [6.07, 6.45) is 1.27. The van der Waals surface area contributed by atoms with Crippen LogP contribution in [0, 0.1) is 0 Å². The van der Waals surface area contributed by atoms with Gasteiger partial charge in [-0.3, -0.25) is 0 Å². The van der Waals surface area contributed by atoms with Gasteiger partial charge < -0.3 is 9.32 Å². The number of nitrogens with zero attached hydrogens (tertiary/aromatic N) is 1. The van der Waals surface area contributed by atoms with E-state index in [0.29, 0.717) is 12.8 Å². The van der Waals surface area contributed by atoms with Crippen LogP contribution in [-0.2, 0) is 9.32 Å². The molecule has 0 spiro atoms. The first-order valence-corrected chi connectivity index (χ1v) is 7.93. The molecule has 0 atom stereocenters. The first-order chi connectivity index (χ1) is 5.81. The van der Waals surface area contributed by atoms with Crippen LogP contribution in [0.3, 0.4) is 0 Å². The predicted octanol–water partition coefficient (Wildman–Crippen LogP) is 2.58. The van der Waals surface area contributed by atoms with Gasteiger partial charge in [-0.05, 0) is 39.9 Å². The molecule has 0 amide bonds. The van der Waals surface area contributed by atoms with E-state index >= 15 is 0 Å². The molecule has 13 heavy (non-hydrogen) atoms. The number of carbonyl (C=O) groups is 1. The van der Waals surface area contributed by atoms with Gasteiger partial charge in [0.15, 0.2) is 0 Å². The highest BCUT2D eigenvalue weighted by molar-refractivity contribution is 6.69. The lowest BCUT2D eigenvalue weighted by molar-refractivity contribution is -0.116. The quantitative estimate of drug-likeness (QED) is 0.389. The second kappa shape index (κ2) is 5.17. The Bertz CT molecular complexity index is 206. The van der Waals surface area contributed by atoms with E-state index in [-0.39, 0.29) is 5.78 Å². The highest BCUT2D eigenvalue weighted by Crippen LogP contribution is 2.04. The van der Waals surface area contributed by atoms with Crippen molar-refractivity contribution in [2.24, 2.45) is 5.16 Å². The zero-order valence-electron chi connectivity index (χ0n) is 9.18. The van der Waals surface area contributed by atoms with Crippen molar-refractivity contribution in [1.82, 2.24) is 0 Å². The standard InChI is InChI=1S/C9H19NO2Si/c1-8(6-7-9(2)11)10-12-13(3,4)5/h6-7H2,1-5H3. The number of rotatable bonds is 5. The van der Waals surface area contributed by atoms with Crippen LogP contribution in [0.4, 0.5) is 0 Å². The van der Waals surface area contributed by atoms with Crippen LogP contribution >= 0.6 is 0 Å². The maximum Gasteiger partial charge on any atom is 0.278 e. The number of carbonyl (C=O) groups excluding carboxylic acids is 1. The van der Waals surface area contributed by atoms with Crippen molar-refractivity contribution < 1.29 is 9.32 Å². The molecule has 0 fully saturated rings. The molecule has 0 heterocycles. The summed E-state index contributed by atoms with van der Waals surface area (Å²) in [5.41, 5.74) is 0.901. The fourth-order valence-electron chi connectivity index (χ4n) is 0.617. The Morgan fingerprint density at radius 2 is 1.77 bits per heavy atom. The van der Waals surface area contributed by atoms with Crippen LogP contribution in [0.2, 0.25) is 19.6 Å². The van der Waals surface area contributed by atoms with E-state index in [1.165, 1.54) is 0 Å². The highest BCUT2D eigenvalue weighted by Gasteiger charge is 2.15. The third-order valence-corrected chi connectivity index (χ3v) is 1.95. The van der Waals surface area contributed by atoms with Gasteiger partial charge in [-0.2, -0.15) is 0 Å². The van der Waals surface area contributed by atoms with Gasteiger partial charge in [0.2, 0.25) is 0 Å². The molecule has 4 heteroatoms. The maximum absolute atomic E-state index is 10.7. The molecule has 0 saturated heterocycles. The maximum atomic E-state index is 10.7. The van der Waals surface area contributed by atoms with Crippen LogP contribution in [0.25, 0.3) is 0 Å². The van der Waals surface area contributed by atoms with Gasteiger partial charge >= 0.3 is 0 Å². The SMILES string of the molecule is CC(=O)CCC(C)=NO[Si](C)(C)C. The molecule has 0 aliphatic heterocycles. The molecule has 0 aliphatic carbocycles. The summed E-state index contributed by atoms with van der Waals surface area (Å²) in [5.74, 6) is 0.197. The molecule has 3 nitrogen and oxygen atoms in total. The van der Waals surface area contributed by atoms with Crippen molar-refractivity contribution in [3.63, 3.8) is 0 Å². The van der Waals surface area contributed by atoms with Crippen molar-refractivity contribution in [3.8, 4) is 0 Å². The van der Waals surface area contributed by atoms with Crippen LogP contribution in [-0.4, -0.2) is 19.8 Å². The van der Waals surface area contributed by atoms with Gasteiger partial charge in [-0.25, -0.2) is 0 Å². The molecule has 0 N–H and O–H groups in total. The number of ketones is 1. The van der Waals surface area contributed by atoms with Gasteiger partial charge in [0.05, 0.1) is 5.71 Å². The van der Waals surface area contributed by atoms with Crippen molar-refractivity contribution in [3.05, 3.63) is 0 Å². The van der Waals surface area contributed by atoms with Crippen LogP contribution < -0.4 is 0 Å². The normalized spacial score (nSPS) is 12.8. The van der Waals surface area contributed by atoms with Crippen molar-refractivity contribution in [1.29, 1.82) is 0 Å². The van der Waals surface area contributed by atoms with Gasteiger partial charge in [-0.1, -0.05) is 0 Å². The van der Waals surface area contributed by atoms with Crippen LogP contribution in [0.15, 0.2) is 5.16 Å². The number of oxime groups is 1. The van der Waals surface area contributed by atoms with Gasteiger partial charge in [-0.15, -0.1) is 5.16 Å². The Hall–Kier alpha value is -0.643. The number of hydrogen-bond donors (Lipinski definition) is 0. The predicted molar refractivity (Wildman–Crippen MR) is 57.5 cm³/mol. The minimum Gasteiger partial charge on any atom is -0.456 e. The summed E-state index contributed by atoms with van der Waals surface area (Å²) in [6, 6.07) is 0. The fourth-order valence-corrected chi connectivity index (χ4v) is 1.05. The molecule has 0 aromatic heterocycles. The van der Waals surface area contributed by atoms with Crippen LogP contribution in [0.5, 0.6) is 0 Å². The van der Waals surface area contributed by atoms with E-state index in [1.54, 1.807) is 6.92 Å². The molecular formula is C9H19NO2Si. The van der Waals surface area contributed by atoms with E-state index in [4.69, 9.17) is 4.53 Å². The first kappa shape index (κ1) is 12.4. The van der Waals surface area contributed by atoms with Crippen molar-refractivity contribution >= 4 is 19.8 Å². The highest BCUT2D eigenvalue weighted by atomic mass is 28.4. The summed E-state index contributed by atoms with van der Waals surface area (Å²) in [7, 11) is -1.55. The molecule has 76 valence electrons. The lowest BCUT2D eigenvalue weighted by Crippen LogP contribution is -2.22. The Kier molecular flexibility index (Phi) is 4.91. The molecular weight excluding hydrogens is 182 g/mol. The Morgan fingerprint density at radius 3 is 2.15 bits per heavy atom. The third-order valence-electron chi connectivity index (χ3n) is 1.31. The summed E-state index contributed by atoms with van der Waals surface area (Å²) >= 11 is 0. The second-order valence-electron chi connectivity index (χ2n) is 4.23. The van der Waals surface area contributed by atoms with E-state index < -0.39 is 8.32 Å². The number of Topliss-reactive ketones (excluding diaryl/α,β-unsaturated/α-hetero) is 1. The molecule has 0 rings (SSSR count). The molecule has 0 bridgehead atoms. The molecule has 0 aromatic rings. The summed E-state index contributed by atoms with van der Waals surface area (Å²) in [5, 5.41) is 3.99. The summed E-state index contributed by atoms with van der Waals surface area (Å²) in [6.45, 7) is 9.72. The van der Waals surface area contributed by atoms with E-state index in [2.05, 4.69) is 24.8 Å². The summed E-state index contributed by atoms with van der Waals surface area (Å²) < 4.78 is 5.34. The fraction of sp³-hybridized carbons (Fsp3) is 0.778. The Labute approximate surface area is 81.3 Å².